The van der Waals surface area contributed by atoms with Crippen LogP contribution < -0.4 is 5.32 Å². The number of carbonyl (C=O) groups excluding carboxylic acids is 1. The Kier molecular flexibility index (Phi) is 4.35. The third-order valence-electron chi connectivity index (χ3n) is 4.41. The van der Waals surface area contributed by atoms with Crippen LogP contribution >= 0.6 is 0 Å². The van der Waals surface area contributed by atoms with E-state index in [1.807, 2.05) is 66.4 Å². The van der Waals surface area contributed by atoms with Crippen molar-refractivity contribution < 1.29 is 9.90 Å². The van der Waals surface area contributed by atoms with Crippen LogP contribution in [0.15, 0.2) is 54.6 Å². The zero-order valence-corrected chi connectivity index (χ0v) is 13.3. The Labute approximate surface area is 136 Å². The Morgan fingerprint density at radius 3 is 2.52 bits per heavy atom. The molecule has 1 aliphatic rings. The summed E-state index contributed by atoms with van der Waals surface area (Å²) in [6, 6.07) is 17.6. The molecule has 23 heavy (non-hydrogen) atoms. The van der Waals surface area contributed by atoms with Crippen molar-refractivity contribution >= 4 is 11.6 Å². The van der Waals surface area contributed by atoms with Gasteiger partial charge in [-0.15, -0.1) is 0 Å². The fourth-order valence-electron chi connectivity index (χ4n) is 3.14. The van der Waals surface area contributed by atoms with Crippen molar-refractivity contribution in [1.29, 1.82) is 0 Å². The Balaban J connectivity index is 1.96. The molecule has 4 heteroatoms. The van der Waals surface area contributed by atoms with E-state index in [0.717, 1.165) is 11.3 Å². The number of rotatable bonds is 5. The average molecular weight is 310 g/mol. The van der Waals surface area contributed by atoms with Gasteiger partial charge in [-0.1, -0.05) is 42.5 Å². The third kappa shape index (κ3) is 3.08. The highest BCUT2D eigenvalue weighted by Gasteiger charge is 2.40. The molecule has 1 atom stereocenters. The predicted octanol–water partition coefficient (Wildman–Crippen LogP) is 3.24. The minimum absolute atomic E-state index is 0.0312. The van der Waals surface area contributed by atoms with Crippen LogP contribution in [-0.2, 0) is 6.54 Å². The largest absolute Gasteiger partial charge is 0.396 e. The first-order chi connectivity index (χ1) is 11.1. The number of amides is 1. The number of nitrogens with one attached hydrogen (secondary N) is 1. The van der Waals surface area contributed by atoms with Crippen molar-refractivity contribution in [2.45, 2.75) is 32.0 Å². The number of aliphatic hydroxyl groups is 1. The van der Waals surface area contributed by atoms with Gasteiger partial charge < -0.3 is 15.3 Å². The normalized spacial score (nSPS) is 20.1. The molecule has 0 aromatic heterocycles. The number of anilines is 1. The van der Waals surface area contributed by atoms with Crippen LogP contribution in [0.2, 0.25) is 0 Å². The second-order valence-electron chi connectivity index (χ2n) is 6.15. The predicted molar refractivity (Wildman–Crippen MR) is 91.1 cm³/mol. The molecule has 4 nitrogen and oxygen atoms in total. The average Bonchev–Trinajstić information content (AvgIpc) is 2.58. The van der Waals surface area contributed by atoms with Gasteiger partial charge in [0, 0.05) is 18.8 Å². The molecule has 1 unspecified atom stereocenters. The second kappa shape index (κ2) is 6.42. The smallest absolute Gasteiger partial charge is 0.258 e. The first-order valence-electron chi connectivity index (χ1n) is 7.98. The van der Waals surface area contributed by atoms with Crippen LogP contribution in [0.4, 0.5) is 5.69 Å². The van der Waals surface area contributed by atoms with Gasteiger partial charge in [-0.2, -0.15) is 0 Å². The summed E-state index contributed by atoms with van der Waals surface area (Å²) < 4.78 is 0. The van der Waals surface area contributed by atoms with E-state index >= 15 is 0 Å². The van der Waals surface area contributed by atoms with Gasteiger partial charge >= 0.3 is 0 Å². The van der Waals surface area contributed by atoms with Crippen molar-refractivity contribution in [3.05, 3.63) is 65.7 Å². The highest BCUT2D eigenvalue weighted by atomic mass is 16.3. The van der Waals surface area contributed by atoms with E-state index < -0.39 is 5.66 Å². The number of hydrogen-bond acceptors (Lipinski definition) is 3. The topological polar surface area (TPSA) is 52.6 Å². The SMILES string of the molecule is CC1(CCCO)Nc2ccccc2C(=O)N1Cc1ccccc1. The second-order valence-corrected chi connectivity index (χ2v) is 6.15. The van der Waals surface area contributed by atoms with E-state index in [2.05, 4.69) is 5.32 Å². The molecular weight excluding hydrogens is 288 g/mol. The molecule has 120 valence electrons. The molecule has 0 fully saturated rings. The van der Waals surface area contributed by atoms with Crippen LogP contribution in [0.1, 0.15) is 35.7 Å². The van der Waals surface area contributed by atoms with E-state index in [9.17, 15) is 9.90 Å². The van der Waals surface area contributed by atoms with Crippen LogP contribution in [0, 0.1) is 0 Å². The van der Waals surface area contributed by atoms with E-state index in [0.29, 0.717) is 24.9 Å². The summed E-state index contributed by atoms with van der Waals surface area (Å²) in [6.45, 7) is 2.69. The standard InChI is InChI=1S/C19H22N2O2/c1-19(12-7-13-22)20-17-11-6-5-10-16(17)18(23)21(19)14-15-8-3-2-4-9-15/h2-6,8-11,20,22H,7,12-14H2,1H3. The fraction of sp³-hybridized carbons (Fsp3) is 0.316. The summed E-state index contributed by atoms with van der Waals surface area (Å²) >= 11 is 0. The van der Waals surface area contributed by atoms with E-state index in [4.69, 9.17) is 0 Å². The lowest BCUT2D eigenvalue weighted by Crippen LogP contribution is -2.57. The molecule has 2 aromatic carbocycles. The minimum atomic E-state index is -0.510. The van der Waals surface area contributed by atoms with E-state index in [1.165, 1.54) is 0 Å². The number of aliphatic hydroxyl groups excluding tert-OH is 1. The van der Waals surface area contributed by atoms with Gasteiger partial charge in [0.05, 0.1) is 5.56 Å². The highest BCUT2D eigenvalue weighted by molar-refractivity contribution is 6.02. The van der Waals surface area contributed by atoms with Crippen LogP contribution in [0.25, 0.3) is 0 Å². The summed E-state index contributed by atoms with van der Waals surface area (Å²) in [5, 5.41) is 12.7. The lowest BCUT2D eigenvalue weighted by molar-refractivity contribution is 0.0480. The van der Waals surface area contributed by atoms with Gasteiger partial charge in [0.25, 0.3) is 5.91 Å². The van der Waals surface area contributed by atoms with E-state index in [1.54, 1.807) is 0 Å². The summed E-state index contributed by atoms with van der Waals surface area (Å²) in [7, 11) is 0. The number of carbonyl (C=O) groups is 1. The molecule has 1 aliphatic heterocycles. The summed E-state index contributed by atoms with van der Waals surface area (Å²) in [4.78, 5) is 14.9. The highest BCUT2D eigenvalue weighted by Crippen LogP contribution is 2.34. The van der Waals surface area contributed by atoms with Gasteiger partial charge in [0.1, 0.15) is 5.66 Å². The van der Waals surface area contributed by atoms with Crippen molar-refractivity contribution in [3.8, 4) is 0 Å². The first-order valence-corrected chi connectivity index (χ1v) is 7.98. The maximum Gasteiger partial charge on any atom is 0.258 e. The zero-order valence-electron chi connectivity index (χ0n) is 13.3. The van der Waals surface area contributed by atoms with Crippen LogP contribution in [0.5, 0.6) is 0 Å². The zero-order chi connectivity index (χ0) is 16.3. The Hall–Kier alpha value is -2.33. The molecule has 1 heterocycles. The minimum Gasteiger partial charge on any atom is -0.396 e. The number of benzene rings is 2. The summed E-state index contributed by atoms with van der Waals surface area (Å²) in [6.07, 6.45) is 1.33. The van der Waals surface area contributed by atoms with Crippen molar-refractivity contribution in [2.24, 2.45) is 0 Å². The molecule has 0 spiro atoms. The lowest BCUT2D eigenvalue weighted by atomic mass is 9.95. The summed E-state index contributed by atoms with van der Waals surface area (Å²) in [5.74, 6) is 0.0312. The number of fused-ring (bicyclic) bond motifs is 1. The maximum atomic E-state index is 13.0. The van der Waals surface area contributed by atoms with Crippen molar-refractivity contribution in [3.63, 3.8) is 0 Å². The number of nitrogens with zero attached hydrogens (tertiary/aromatic N) is 1. The molecule has 2 aromatic rings. The van der Waals surface area contributed by atoms with Gasteiger partial charge in [-0.3, -0.25) is 4.79 Å². The third-order valence-corrected chi connectivity index (χ3v) is 4.41. The fourth-order valence-corrected chi connectivity index (χ4v) is 3.14. The quantitative estimate of drug-likeness (QED) is 0.891. The molecular formula is C19H22N2O2. The van der Waals surface area contributed by atoms with Crippen LogP contribution in [-0.4, -0.2) is 28.2 Å². The molecule has 1 amide bonds. The van der Waals surface area contributed by atoms with Crippen molar-refractivity contribution in [2.75, 3.05) is 11.9 Å². The summed E-state index contributed by atoms with van der Waals surface area (Å²) in [5.41, 5.74) is 2.15. The van der Waals surface area contributed by atoms with Gasteiger partial charge in [0.15, 0.2) is 0 Å². The number of para-hydroxylation sites is 1. The lowest BCUT2D eigenvalue weighted by Gasteiger charge is -2.46. The molecule has 0 saturated heterocycles. The van der Waals surface area contributed by atoms with E-state index in [-0.39, 0.29) is 12.5 Å². The monoisotopic (exact) mass is 310 g/mol. The van der Waals surface area contributed by atoms with Gasteiger partial charge in [-0.05, 0) is 37.5 Å². The van der Waals surface area contributed by atoms with Crippen LogP contribution in [0.3, 0.4) is 0 Å². The molecule has 2 N–H and O–H groups in total. The van der Waals surface area contributed by atoms with Crippen molar-refractivity contribution in [1.82, 2.24) is 4.90 Å². The number of hydrogen-bond donors (Lipinski definition) is 2. The molecule has 0 radical (unpaired) electrons. The van der Waals surface area contributed by atoms with Gasteiger partial charge in [0.2, 0.25) is 0 Å². The molecule has 0 saturated carbocycles. The first kappa shape index (κ1) is 15.6. The molecule has 3 rings (SSSR count). The molecule has 0 bridgehead atoms. The Bertz CT molecular complexity index is 687. The molecule has 0 aliphatic carbocycles. The maximum absolute atomic E-state index is 13.0. The Morgan fingerprint density at radius 1 is 1.09 bits per heavy atom. The van der Waals surface area contributed by atoms with Gasteiger partial charge in [-0.25, -0.2) is 0 Å². The Morgan fingerprint density at radius 2 is 1.78 bits per heavy atom.